The Balaban J connectivity index is 1.76. The summed E-state index contributed by atoms with van der Waals surface area (Å²) in [6, 6.07) is 9.27. The number of halogens is 3. The number of methoxy groups -OCH3 is 1. The van der Waals surface area contributed by atoms with Crippen LogP contribution in [0.25, 0.3) is 0 Å². The molecule has 2 fully saturated rings. The third-order valence-electron chi connectivity index (χ3n) is 4.62. The molecule has 2 aliphatic rings. The van der Waals surface area contributed by atoms with Crippen LogP contribution >= 0.6 is 0 Å². The van der Waals surface area contributed by atoms with Gasteiger partial charge in [-0.05, 0) is 19.4 Å². The van der Waals surface area contributed by atoms with E-state index in [4.69, 9.17) is 23.7 Å². The first-order valence-corrected chi connectivity index (χ1v) is 10.5. The van der Waals surface area contributed by atoms with E-state index in [-0.39, 0.29) is 6.61 Å². The van der Waals surface area contributed by atoms with Gasteiger partial charge < -0.3 is 23.7 Å². The highest BCUT2D eigenvalue weighted by molar-refractivity contribution is 7.87. The molecular weight excluding hydrogens is 433 g/mol. The van der Waals surface area contributed by atoms with Crippen LogP contribution in [0, 0.1) is 0 Å². The van der Waals surface area contributed by atoms with Crippen LogP contribution in [0.3, 0.4) is 0 Å². The van der Waals surface area contributed by atoms with Crippen LogP contribution in [0.1, 0.15) is 19.4 Å². The van der Waals surface area contributed by atoms with Crippen molar-refractivity contribution in [2.45, 2.75) is 62.5 Å². The molecule has 3 rings (SSSR count). The largest absolute Gasteiger partial charge is 0.523 e. The lowest BCUT2D eigenvalue weighted by Gasteiger charge is -2.41. The van der Waals surface area contributed by atoms with Gasteiger partial charge in [0.2, 0.25) is 0 Å². The predicted molar refractivity (Wildman–Crippen MR) is 95.4 cm³/mol. The summed E-state index contributed by atoms with van der Waals surface area (Å²) in [6.07, 6.45) is -4.75. The zero-order valence-electron chi connectivity index (χ0n) is 16.5. The summed E-state index contributed by atoms with van der Waals surface area (Å²) in [4.78, 5) is 0. The van der Waals surface area contributed by atoms with Crippen molar-refractivity contribution in [3.63, 3.8) is 0 Å². The molecule has 2 saturated heterocycles. The maximum absolute atomic E-state index is 12.6. The van der Waals surface area contributed by atoms with E-state index in [2.05, 4.69) is 4.18 Å². The van der Waals surface area contributed by atoms with Crippen molar-refractivity contribution in [1.82, 2.24) is 0 Å². The second kappa shape index (κ2) is 8.69. The molecule has 1 aromatic rings. The Hall–Kier alpha value is -1.28. The normalized spacial score (nSPS) is 31.5. The van der Waals surface area contributed by atoms with Crippen LogP contribution in [0.4, 0.5) is 13.2 Å². The van der Waals surface area contributed by atoms with Gasteiger partial charge in [-0.3, -0.25) is 4.18 Å². The van der Waals surface area contributed by atoms with Crippen molar-refractivity contribution in [2.24, 2.45) is 0 Å². The summed E-state index contributed by atoms with van der Waals surface area (Å²) in [5.74, 6) is -1.10. The average molecular weight is 456 g/mol. The second-order valence-electron chi connectivity index (χ2n) is 7.29. The Morgan fingerprint density at radius 2 is 1.73 bits per heavy atom. The van der Waals surface area contributed by atoms with E-state index in [9.17, 15) is 21.6 Å². The fourth-order valence-corrected chi connectivity index (χ4v) is 3.78. The van der Waals surface area contributed by atoms with E-state index < -0.39 is 58.7 Å². The zero-order chi connectivity index (χ0) is 22.2. The highest BCUT2D eigenvalue weighted by Gasteiger charge is 2.57. The highest BCUT2D eigenvalue weighted by Crippen LogP contribution is 2.39. The van der Waals surface area contributed by atoms with E-state index >= 15 is 0 Å². The standard InChI is InChI=1S/C18H23F3O8S/c1-17(2)28-13-12(10-26-30(22,23)18(19,20)21)27-16(24-3)15(14(13)29-17)25-9-11-7-5-4-6-8-11/h4-8,12-16H,9-10H2,1-3H3. The molecule has 2 heterocycles. The predicted octanol–water partition coefficient (Wildman–Crippen LogP) is 2.33. The smallest absolute Gasteiger partial charge is 0.365 e. The summed E-state index contributed by atoms with van der Waals surface area (Å²) in [5.41, 5.74) is -4.67. The first-order valence-electron chi connectivity index (χ1n) is 9.08. The summed E-state index contributed by atoms with van der Waals surface area (Å²) in [6.45, 7) is 2.51. The van der Waals surface area contributed by atoms with Gasteiger partial charge in [-0.2, -0.15) is 21.6 Å². The van der Waals surface area contributed by atoms with Crippen molar-refractivity contribution in [2.75, 3.05) is 13.7 Å². The molecule has 170 valence electrons. The second-order valence-corrected chi connectivity index (χ2v) is 8.90. The Morgan fingerprint density at radius 3 is 2.33 bits per heavy atom. The molecule has 0 aliphatic carbocycles. The van der Waals surface area contributed by atoms with E-state index in [1.165, 1.54) is 7.11 Å². The number of ether oxygens (including phenoxy) is 5. The van der Waals surface area contributed by atoms with Crippen LogP contribution in [-0.4, -0.2) is 64.1 Å². The lowest BCUT2D eigenvalue weighted by atomic mass is 9.99. The average Bonchev–Trinajstić information content (AvgIpc) is 2.99. The number of alkyl halides is 3. The summed E-state index contributed by atoms with van der Waals surface area (Å²) in [7, 11) is -4.46. The molecule has 30 heavy (non-hydrogen) atoms. The van der Waals surface area contributed by atoms with Gasteiger partial charge in [0.1, 0.15) is 24.4 Å². The van der Waals surface area contributed by atoms with Crippen molar-refractivity contribution >= 4 is 10.1 Å². The van der Waals surface area contributed by atoms with E-state index in [0.717, 1.165) is 5.56 Å². The number of rotatable bonds is 7. The molecule has 5 unspecified atom stereocenters. The van der Waals surface area contributed by atoms with Gasteiger partial charge in [-0.25, -0.2) is 0 Å². The van der Waals surface area contributed by atoms with E-state index in [1.807, 2.05) is 30.3 Å². The van der Waals surface area contributed by atoms with Crippen LogP contribution in [0.15, 0.2) is 30.3 Å². The minimum absolute atomic E-state index is 0.200. The Morgan fingerprint density at radius 1 is 1.10 bits per heavy atom. The van der Waals surface area contributed by atoms with Gasteiger partial charge in [0.15, 0.2) is 12.1 Å². The van der Waals surface area contributed by atoms with Crippen LogP contribution in [0.2, 0.25) is 0 Å². The van der Waals surface area contributed by atoms with Gasteiger partial charge >= 0.3 is 15.6 Å². The summed E-state index contributed by atoms with van der Waals surface area (Å²) in [5, 5.41) is 0. The van der Waals surface area contributed by atoms with Gasteiger partial charge in [-0.15, -0.1) is 0 Å². The number of benzene rings is 1. The molecule has 8 nitrogen and oxygen atoms in total. The molecule has 0 aromatic heterocycles. The third kappa shape index (κ3) is 5.13. The molecule has 0 N–H and O–H groups in total. The quantitative estimate of drug-likeness (QED) is 0.456. The molecule has 5 atom stereocenters. The van der Waals surface area contributed by atoms with Gasteiger partial charge in [0.05, 0.1) is 13.2 Å². The van der Waals surface area contributed by atoms with Gasteiger partial charge in [0.25, 0.3) is 0 Å². The van der Waals surface area contributed by atoms with Crippen molar-refractivity contribution in [3.8, 4) is 0 Å². The molecule has 1 aromatic carbocycles. The Kier molecular flexibility index (Phi) is 6.77. The molecule has 0 spiro atoms. The van der Waals surface area contributed by atoms with Crippen molar-refractivity contribution < 1.29 is 49.5 Å². The highest BCUT2D eigenvalue weighted by atomic mass is 32.2. The van der Waals surface area contributed by atoms with E-state index in [1.54, 1.807) is 13.8 Å². The first kappa shape index (κ1) is 23.4. The number of hydrogen-bond acceptors (Lipinski definition) is 8. The zero-order valence-corrected chi connectivity index (χ0v) is 17.3. The lowest BCUT2D eigenvalue weighted by Crippen LogP contribution is -2.59. The van der Waals surface area contributed by atoms with Crippen molar-refractivity contribution in [1.29, 1.82) is 0 Å². The fraction of sp³-hybridized carbons (Fsp3) is 0.667. The summed E-state index contributed by atoms with van der Waals surface area (Å²) >= 11 is 0. The Labute approximate surface area is 172 Å². The fourth-order valence-electron chi connectivity index (χ4n) is 3.33. The monoisotopic (exact) mass is 456 g/mol. The minimum Gasteiger partial charge on any atom is -0.365 e. The molecule has 0 bridgehead atoms. The molecule has 12 heteroatoms. The third-order valence-corrected chi connectivity index (χ3v) is 5.63. The maximum atomic E-state index is 12.6. The maximum Gasteiger partial charge on any atom is 0.523 e. The van der Waals surface area contributed by atoms with Crippen molar-refractivity contribution in [3.05, 3.63) is 35.9 Å². The van der Waals surface area contributed by atoms with E-state index in [0.29, 0.717) is 0 Å². The van der Waals surface area contributed by atoms with Crippen LogP contribution in [0.5, 0.6) is 0 Å². The number of hydrogen-bond donors (Lipinski definition) is 0. The van der Waals surface area contributed by atoms with Crippen LogP contribution < -0.4 is 0 Å². The molecule has 0 amide bonds. The van der Waals surface area contributed by atoms with Gasteiger partial charge in [-0.1, -0.05) is 30.3 Å². The molecular formula is C18H23F3O8S. The lowest BCUT2D eigenvalue weighted by molar-refractivity contribution is -0.285. The SMILES string of the molecule is COC1OC(COS(=O)(=O)C(F)(F)F)C2OC(C)(C)OC2C1OCc1ccccc1. The van der Waals surface area contributed by atoms with Crippen LogP contribution in [-0.2, 0) is 44.6 Å². The Bertz CT molecular complexity index is 814. The van der Waals surface area contributed by atoms with Gasteiger partial charge in [0, 0.05) is 7.11 Å². The molecule has 2 aliphatic heterocycles. The molecule has 0 saturated carbocycles. The number of fused-ring (bicyclic) bond motifs is 1. The first-order chi connectivity index (χ1) is 13.9. The topological polar surface area (TPSA) is 89.5 Å². The minimum atomic E-state index is -5.79. The summed E-state index contributed by atoms with van der Waals surface area (Å²) < 4.78 is 92.9. The molecule has 0 radical (unpaired) electrons.